The van der Waals surface area contributed by atoms with Gasteiger partial charge in [-0.25, -0.2) is 9.37 Å². The van der Waals surface area contributed by atoms with Crippen LogP contribution in [0.5, 0.6) is 0 Å². The van der Waals surface area contributed by atoms with Gasteiger partial charge in [0.25, 0.3) is 0 Å². The monoisotopic (exact) mass is 347 g/mol. The van der Waals surface area contributed by atoms with Crippen molar-refractivity contribution in [1.82, 2.24) is 15.1 Å². The molecule has 2 aromatic rings. The van der Waals surface area contributed by atoms with E-state index in [2.05, 4.69) is 15.1 Å². The molecule has 22 heavy (non-hydrogen) atoms. The van der Waals surface area contributed by atoms with Gasteiger partial charge in [0.05, 0.1) is 11.1 Å². The van der Waals surface area contributed by atoms with Crippen LogP contribution in [0.4, 0.5) is 13.2 Å². The maximum atomic E-state index is 12.7. The number of nitrogens with zero attached hydrogens (tertiary/aromatic N) is 3. The third kappa shape index (κ3) is 3.52. The predicted molar refractivity (Wildman–Crippen MR) is 77.7 cm³/mol. The van der Waals surface area contributed by atoms with Crippen molar-refractivity contribution >= 4 is 23.1 Å². The number of halogens is 3. The molecule has 2 heterocycles. The van der Waals surface area contributed by atoms with Crippen LogP contribution >= 0.6 is 23.1 Å². The van der Waals surface area contributed by atoms with Crippen LogP contribution in [0.15, 0.2) is 27.0 Å². The highest BCUT2D eigenvalue weighted by Crippen LogP contribution is 2.37. The van der Waals surface area contributed by atoms with Crippen molar-refractivity contribution in [2.24, 2.45) is 0 Å². The van der Waals surface area contributed by atoms with Crippen LogP contribution in [0.25, 0.3) is 10.7 Å². The average molecular weight is 347 g/mol. The van der Waals surface area contributed by atoms with Crippen LogP contribution in [0.3, 0.4) is 0 Å². The topological polar surface area (TPSA) is 51.8 Å². The summed E-state index contributed by atoms with van der Waals surface area (Å²) < 4.78 is 42.5. The lowest BCUT2D eigenvalue weighted by molar-refractivity contribution is 0.292. The van der Waals surface area contributed by atoms with Crippen molar-refractivity contribution in [1.29, 1.82) is 0 Å². The molecule has 118 valence electrons. The molecule has 9 heteroatoms. The lowest BCUT2D eigenvalue weighted by Gasteiger charge is -2.20. The second-order valence-electron chi connectivity index (χ2n) is 4.84. The molecule has 3 rings (SSSR count). The Morgan fingerprint density at radius 2 is 2.18 bits per heavy atom. The van der Waals surface area contributed by atoms with E-state index in [9.17, 15) is 13.2 Å². The van der Waals surface area contributed by atoms with Crippen molar-refractivity contribution in [3.63, 3.8) is 0 Å². The Bertz CT molecular complexity index is 678. The molecule has 0 aromatic carbocycles. The molecule has 0 N–H and O–H groups in total. The van der Waals surface area contributed by atoms with Crippen molar-refractivity contribution in [2.75, 3.05) is 5.75 Å². The second-order valence-corrected chi connectivity index (χ2v) is 7.21. The molecular weight excluding hydrogens is 335 g/mol. The summed E-state index contributed by atoms with van der Waals surface area (Å²) in [5, 5.41) is 3.94. The zero-order valence-electron chi connectivity index (χ0n) is 11.4. The summed E-state index contributed by atoms with van der Waals surface area (Å²) >= 11 is 2.56. The summed E-state index contributed by atoms with van der Waals surface area (Å²) in [6.07, 6.45) is 2.40. The number of hydrogen-bond donors (Lipinski definition) is 0. The van der Waals surface area contributed by atoms with Crippen LogP contribution in [-0.4, -0.2) is 20.9 Å². The Balaban J connectivity index is 1.59. The molecule has 0 saturated heterocycles. The normalized spacial score (nSPS) is 14.9. The molecule has 0 spiro atoms. The largest absolute Gasteiger partial charge is 0.339 e. The van der Waals surface area contributed by atoms with E-state index in [1.807, 2.05) is 0 Å². The molecule has 1 fully saturated rings. The highest BCUT2D eigenvalue weighted by Gasteiger charge is 2.26. The van der Waals surface area contributed by atoms with Gasteiger partial charge in [-0.3, -0.25) is 0 Å². The van der Waals surface area contributed by atoms with E-state index >= 15 is 0 Å². The minimum Gasteiger partial charge on any atom is -0.339 e. The third-order valence-electron chi connectivity index (χ3n) is 3.35. The fourth-order valence-corrected chi connectivity index (χ4v) is 3.82. The predicted octanol–water partition coefficient (Wildman–Crippen LogP) is 5.02. The summed E-state index contributed by atoms with van der Waals surface area (Å²) in [4.78, 5) is 9.27. The summed E-state index contributed by atoms with van der Waals surface area (Å²) in [6.45, 7) is 0. The van der Waals surface area contributed by atoms with Gasteiger partial charge in [-0.1, -0.05) is 23.3 Å². The smallest absolute Gasteiger partial charge is 0.301 e. The number of thioether (sulfide) groups is 1. The molecule has 0 aliphatic heterocycles. The Kier molecular flexibility index (Phi) is 4.82. The molecule has 0 unspecified atom stereocenters. The Hall–Kier alpha value is -1.35. The van der Waals surface area contributed by atoms with Gasteiger partial charge in [0.15, 0.2) is 10.2 Å². The van der Waals surface area contributed by atoms with E-state index in [1.165, 1.54) is 29.5 Å². The van der Waals surface area contributed by atoms with E-state index in [4.69, 9.17) is 4.52 Å². The molecular formula is C13H12F3N3OS2. The summed E-state index contributed by atoms with van der Waals surface area (Å²) in [7, 11) is 0. The van der Waals surface area contributed by atoms with E-state index in [0.29, 0.717) is 22.0 Å². The molecule has 2 aromatic heterocycles. The lowest BCUT2D eigenvalue weighted by atomic mass is 9.85. The first-order valence-electron chi connectivity index (χ1n) is 6.75. The molecule has 0 radical (unpaired) electrons. The summed E-state index contributed by atoms with van der Waals surface area (Å²) in [6, 6.07) is 0. The molecule has 0 atom stereocenters. The fraction of sp³-hybridized carbons (Fsp3) is 0.462. The standard InChI is InChI=1S/C13H12F3N3OS2/c14-8(10(15)16)4-5-21-13-17-6-9(22-13)11-18-12(20-19-11)7-2-1-3-7/h6-7H,1-5H2. The molecule has 4 nitrogen and oxygen atoms in total. The highest BCUT2D eigenvalue weighted by molar-refractivity contribution is 8.01. The Morgan fingerprint density at radius 1 is 1.36 bits per heavy atom. The average Bonchev–Trinajstić information content (AvgIpc) is 3.05. The van der Waals surface area contributed by atoms with Crippen LogP contribution in [0.2, 0.25) is 0 Å². The van der Waals surface area contributed by atoms with Crippen molar-refractivity contribution in [2.45, 2.75) is 35.9 Å². The van der Waals surface area contributed by atoms with Gasteiger partial charge in [-0.2, -0.15) is 13.8 Å². The molecule has 0 bridgehead atoms. The number of thiazole rings is 1. The number of allylic oxidation sites excluding steroid dienone is 1. The van der Waals surface area contributed by atoms with E-state index < -0.39 is 11.9 Å². The molecule has 1 aliphatic rings. The number of aromatic nitrogens is 3. The van der Waals surface area contributed by atoms with Gasteiger partial charge in [-0.05, 0) is 12.8 Å². The van der Waals surface area contributed by atoms with Crippen LogP contribution in [0, 0.1) is 0 Å². The van der Waals surface area contributed by atoms with Gasteiger partial charge in [0.2, 0.25) is 11.7 Å². The van der Waals surface area contributed by atoms with Gasteiger partial charge >= 0.3 is 6.08 Å². The zero-order valence-corrected chi connectivity index (χ0v) is 13.0. The van der Waals surface area contributed by atoms with Gasteiger partial charge < -0.3 is 4.52 Å². The van der Waals surface area contributed by atoms with Crippen LogP contribution in [0.1, 0.15) is 37.5 Å². The van der Waals surface area contributed by atoms with E-state index in [1.54, 1.807) is 6.20 Å². The summed E-state index contributed by atoms with van der Waals surface area (Å²) in [5.74, 6) is 0.359. The fourth-order valence-electron chi connectivity index (χ4n) is 1.91. The van der Waals surface area contributed by atoms with Gasteiger partial charge in [0.1, 0.15) is 0 Å². The SMILES string of the molecule is FC(F)=C(F)CCSc1ncc(-c2noc(C3CCC3)n2)s1. The van der Waals surface area contributed by atoms with Gasteiger partial charge in [0, 0.05) is 18.1 Å². The maximum Gasteiger partial charge on any atom is 0.301 e. The minimum atomic E-state index is -2.25. The quantitative estimate of drug-likeness (QED) is 0.687. The van der Waals surface area contributed by atoms with Crippen LogP contribution < -0.4 is 0 Å². The first-order valence-corrected chi connectivity index (χ1v) is 8.56. The summed E-state index contributed by atoms with van der Waals surface area (Å²) in [5.41, 5.74) is 0. The molecule has 0 amide bonds. The first kappa shape index (κ1) is 15.5. The van der Waals surface area contributed by atoms with Crippen molar-refractivity contribution in [3.05, 3.63) is 24.0 Å². The Labute approximate surface area is 132 Å². The van der Waals surface area contributed by atoms with Crippen LogP contribution in [-0.2, 0) is 0 Å². The third-order valence-corrected chi connectivity index (χ3v) is 5.51. The number of hydrogen-bond acceptors (Lipinski definition) is 6. The Morgan fingerprint density at radius 3 is 2.86 bits per heavy atom. The van der Waals surface area contributed by atoms with Crippen molar-refractivity contribution in [3.8, 4) is 10.7 Å². The lowest BCUT2D eigenvalue weighted by Crippen LogP contribution is -2.08. The van der Waals surface area contributed by atoms with Gasteiger partial charge in [-0.15, -0.1) is 11.3 Å². The van der Waals surface area contributed by atoms with Crippen molar-refractivity contribution < 1.29 is 17.7 Å². The minimum absolute atomic E-state index is 0.204. The van der Waals surface area contributed by atoms with E-state index in [-0.39, 0.29) is 12.2 Å². The van der Waals surface area contributed by atoms with E-state index in [0.717, 1.165) is 17.7 Å². The molecule has 1 aliphatic carbocycles. The number of rotatable bonds is 6. The second kappa shape index (κ2) is 6.82. The maximum absolute atomic E-state index is 12.7. The first-order chi connectivity index (χ1) is 10.6. The molecule has 1 saturated carbocycles. The highest BCUT2D eigenvalue weighted by atomic mass is 32.2. The zero-order chi connectivity index (χ0) is 15.5.